The van der Waals surface area contributed by atoms with Crippen molar-refractivity contribution >= 4 is 34.7 Å². The summed E-state index contributed by atoms with van der Waals surface area (Å²) in [6.45, 7) is 1.49. The van der Waals surface area contributed by atoms with Gasteiger partial charge in [0, 0.05) is 18.0 Å². The van der Waals surface area contributed by atoms with E-state index in [0.29, 0.717) is 16.1 Å². The lowest BCUT2D eigenvalue weighted by Crippen LogP contribution is -2.42. The van der Waals surface area contributed by atoms with Gasteiger partial charge in [0.05, 0.1) is 5.69 Å². The number of hydrogen-bond donors (Lipinski definition) is 3. The third-order valence-electron chi connectivity index (χ3n) is 2.84. The van der Waals surface area contributed by atoms with Crippen molar-refractivity contribution in [3.05, 3.63) is 46.4 Å². The van der Waals surface area contributed by atoms with Gasteiger partial charge in [-0.3, -0.25) is 19.4 Å². The second kappa shape index (κ2) is 6.81. The number of amides is 3. The number of thiophene rings is 1. The molecule has 2 rings (SSSR count). The number of aromatic nitrogens is 1. The fourth-order valence-electron chi connectivity index (χ4n) is 1.61. The van der Waals surface area contributed by atoms with Crippen LogP contribution in [-0.2, 0) is 4.79 Å². The van der Waals surface area contributed by atoms with Crippen molar-refractivity contribution in [1.29, 1.82) is 0 Å². The Balaban J connectivity index is 2.11. The Morgan fingerprint density at radius 3 is 2.50 bits per heavy atom. The first-order valence-electron chi connectivity index (χ1n) is 6.38. The van der Waals surface area contributed by atoms with Gasteiger partial charge in [-0.2, -0.15) is 0 Å². The van der Waals surface area contributed by atoms with Crippen molar-refractivity contribution in [3.63, 3.8) is 0 Å². The summed E-state index contributed by atoms with van der Waals surface area (Å²) in [5.41, 5.74) is 5.91. The molecule has 2 heterocycles. The second-order valence-electron chi connectivity index (χ2n) is 4.45. The molecule has 0 unspecified atom stereocenters. The van der Waals surface area contributed by atoms with E-state index >= 15 is 0 Å². The highest BCUT2D eigenvalue weighted by molar-refractivity contribution is 7.12. The molecule has 0 saturated carbocycles. The number of nitrogens with two attached hydrogens (primary N) is 1. The first kappa shape index (κ1) is 15.6. The lowest BCUT2D eigenvalue weighted by atomic mass is 10.2. The Bertz CT molecular complexity index is 699. The predicted molar refractivity (Wildman–Crippen MR) is 82.6 cm³/mol. The molecule has 0 aliphatic rings. The summed E-state index contributed by atoms with van der Waals surface area (Å²) in [7, 11) is 0. The molecule has 4 N–H and O–H groups in total. The van der Waals surface area contributed by atoms with Crippen molar-refractivity contribution in [2.45, 2.75) is 13.0 Å². The van der Waals surface area contributed by atoms with Gasteiger partial charge in [0.1, 0.15) is 10.9 Å². The monoisotopic (exact) mass is 318 g/mol. The average Bonchev–Trinajstić information content (AvgIpc) is 2.96. The minimum Gasteiger partial charge on any atom is -0.368 e. The van der Waals surface area contributed by atoms with Gasteiger partial charge in [0.15, 0.2) is 0 Å². The number of anilines is 1. The molecular weight excluding hydrogens is 304 g/mol. The molecule has 1 atom stereocenters. The van der Waals surface area contributed by atoms with Crippen molar-refractivity contribution in [1.82, 2.24) is 10.3 Å². The number of hydrogen-bond acceptors (Lipinski definition) is 5. The van der Waals surface area contributed by atoms with Gasteiger partial charge in [-0.05, 0) is 30.5 Å². The summed E-state index contributed by atoms with van der Waals surface area (Å²) >= 11 is 1.16. The van der Waals surface area contributed by atoms with Crippen LogP contribution in [0.4, 0.5) is 5.69 Å². The van der Waals surface area contributed by atoms with Gasteiger partial charge < -0.3 is 16.4 Å². The van der Waals surface area contributed by atoms with E-state index in [0.717, 1.165) is 11.3 Å². The molecule has 22 heavy (non-hydrogen) atoms. The minimum atomic E-state index is -0.793. The zero-order chi connectivity index (χ0) is 16.1. The van der Waals surface area contributed by atoms with Crippen molar-refractivity contribution in [2.24, 2.45) is 5.73 Å². The van der Waals surface area contributed by atoms with Gasteiger partial charge in [0.2, 0.25) is 5.91 Å². The molecule has 0 aliphatic heterocycles. The zero-order valence-corrected chi connectivity index (χ0v) is 12.5. The molecule has 2 aromatic heterocycles. The number of pyridine rings is 1. The fourth-order valence-corrected chi connectivity index (χ4v) is 2.37. The SMILES string of the molecule is C[C@@H](NC(=O)c1sccc1NC(=O)c1ccncc1)C(N)=O. The van der Waals surface area contributed by atoms with Crippen LogP contribution in [0.1, 0.15) is 27.0 Å². The van der Waals surface area contributed by atoms with E-state index in [-0.39, 0.29) is 5.91 Å². The Morgan fingerprint density at radius 2 is 1.86 bits per heavy atom. The van der Waals surface area contributed by atoms with Gasteiger partial charge in [-0.1, -0.05) is 0 Å². The number of carbonyl (C=O) groups excluding carboxylic acids is 3. The molecular formula is C14H14N4O3S. The van der Waals surface area contributed by atoms with Crippen LogP contribution in [0, 0.1) is 0 Å². The van der Waals surface area contributed by atoms with Crippen LogP contribution in [0.5, 0.6) is 0 Å². The average molecular weight is 318 g/mol. The van der Waals surface area contributed by atoms with Crippen LogP contribution in [0.25, 0.3) is 0 Å². The largest absolute Gasteiger partial charge is 0.368 e. The molecule has 0 fully saturated rings. The summed E-state index contributed by atoms with van der Waals surface area (Å²) in [6, 6.07) is 3.96. The number of carbonyl (C=O) groups is 3. The van der Waals surface area contributed by atoms with E-state index in [9.17, 15) is 14.4 Å². The van der Waals surface area contributed by atoms with Gasteiger partial charge in [0.25, 0.3) is 11.8 Å². The molecule has 0 bridgehead atoms. The van der Waals surface area contributed by atoms with E-state index in [4.69, 9.17) is 5.73 Å². The molecule has 0 aromatic carbocycles. The number of nitrogens with one attached hydrogen (secondary N) is 2. The van der Waals surface area contributed by atoms with E-state index < -0.39 is 17.9 Å². The summed E-state index contributed by atoms with van der Waals surface area (Å²) in [4.78, 5) is 39.3. The van der Waals surface area contributed by atoms with E-state index in [1.807, 2.05) is 0 Å². The number of nitrogens with zero attached hydrogens (tertiary/aromatic N) is 1. The van der Waals surface area contributed by atoms with Gasteiger partial charge in [-0.25, -0.2) is 0 Å². The Kier molecular flexibility index (Phi) is 4.84. The molecule has 8 heteroatoms. The Hall–Kier alpha value is -2.74. The molecule has 7 nitrogen and oxygen atoms in total. The van der Waals surface area contributed by atoms with Gasteiger partial charge >= 0.3 is 0 Å². The predicted octanol–water partition coefficient (Wildman–Crippen LogP) is 0.999. The lowest BCUT2D eigenvalue weighted by Gasteiger charge is -2.11. The molecule has 0 saturated heterocycles. The van der Waals surface area contributed by atoms with E-state index in [2.05, 4.69) is 15.6 Å². The second-order valence-corrected chi connectivity index (χ2v) is 5.37. The Morgan fingerprint density at radius 1 is 1.18 bits per heavy atom. The highest BCUT2D eigenvalue weighted by Gasteiger charge is 2.19. The molecule has 114 valence electrons. The smallest absolute Gasteiger partial charge is 0.264 e. The first-order valence-corrected chi connectivity index (χ1v) is 7.26. The van der Waals surface area contributed by atoms with Crippen LogP contribution < -0.4 is 16.4 Å². The third-order valence-corrected chi connectivity index (χ3v) is 3.75. The van der Waals surface area contributed by atoms with Crippen LogP contribution in [0.3, 0.4) is 0 Å². The van der Waals surface area contributed by atoms with Crippen LogP contribution in [0.15, 0.2) is 36.0 Å². The first-order chi connectivity index (χ1) is 10.5. The molecule has 0 aliphatic carbocycles. The summed E-state index contributed by atoms with van der Waals surface area (Å²) < 4.78 is 0. The summed E-state index contributed by atoms with van der Waals surface area (Å²) in [6.07, 6.45) is 3.01. The van der Waals surface area contributed by atoms with Crippen molar-refractivity contribution in [3.8, 4) is 0 Å². The molecule has 3 amide bonds. The number of rotatable bonds is 5. The quantitative estimate of drug-likeness (QED) is 0.763. The summed E-state index contributed by atoms with van der Waals surface area (Å²) in [5, 5.41) is 6.80. The van der Waals surface area contributed by atoms with Crippen LogP contribution >= 0.6 is 11.3 Å². The summed E-state index contributed by atoms with van der Waals surface area (Å²) in [5.74, 6) is -1.45. The lowest BCUT2D eigenvalue weighted by molar-refractivity contribution is -0.119. The Labute approximate surface area is 130 Å². The van der Waals surface area contributed by atoms with Crippen LogP contribution in [-0.4, -0.2) is 28.7 Å². The van der Waals surface area contributed by atoms with Gasteiger partial charge in [-0.15, -0.1) is 11.3 Å². The minimum absolute atomic E-state index is 0.301. The highest BCUT2D eigenvalue weighted by atomic mass is 32.1. The third kappa shape index (κ3) is 3.67. The van der Waals surface area contributed by atoms with Crippen molar-refractivity contribution in [2.75, 3.05) is 5.32 Å². The fraction of sp³-hybridized carbons (Fsp3) is 0.143. The number of primary amides is 1. The maximum Gasteiger partial charge on any atom is 0.264 e. The molecule has 0 spiro atoms. The zero-order valence-electron chi connectivity index (χ0n) is 11.7. The molecule has 2 aromatic rings. The van der Waals surface area contributed by atoms with Crippen molar-refractivity contribution < 1.29 is 14.4 Å². The standard InChI is InChI=1S/C14H14N4O3S/c1-8(12(15)19)17-14(21)11-10(4-7-22-11)18-13(20)9-2-5-16-6-3-9/h2-8H,1H3,(H2,15,19)(H,17,21)(H,18,20)/t8-/m1/s1. The maximum absolute atomic E-state index is 12.1. The molecule has 0 radical (unpaired) electrons. The normalized spacial score (nSPS) is 11.5. The van der Waals surface area contributed by atoms with E-state index in [1.54, 1.807) is 23.6 Å². The highest BCUT2D eigenvalue weighted by Crippen LogP contribution is 2.23. The van der Waals surface area contributed by atoms with E-state index in [1.165, 1.54) is 19.3 Å². The topological polar surface area (TPSA) is 114 Å². The van der Waals surface area contributed by atoms with Crippen LogP contribution in [0.2, 0.25) is 0 Å². The maximum atomic E-state index is 12.1.